The lowest BCUT2D eigenvalue weighted by Crippen LogP contribution is -2.39. The molecule has 25 heavy (non-hydrogen) atoms. The van der Waals surface area contributed by atoms with Crippen LogP contribution in [-0.4, -0.2) is 33.7 Å². The molecule has 1 aliphatic heterocycles. The second-order valence-corrected chi connectivity index (χ2v) is 7.22. The van der Waals surface area contributed by atoms with E-state index in [0.717, 1.165) is 43.2 Å². The SMILES string of the molecule is CCc1cc(=O)n2nc(N3CCC(Nc4ccccc4)CC3)sc2n1. The van der Waals surface area contributed by atoms with E-state index in [-0.39, 0.29) is 5.56 Å². The number of piperidine rings is 1. The summed E-state index contributed by atoms with van der Waals surface area (Å²) in [5.41, 5.74) is 1.90. The minimum absolute atomic E-state index is 0.0926. The molecule has 3 aromatic rings. The molecular weight excluding hydrogens is 334 g/mol. The van der Waals surface area contributed by atoms with Gasteiger partial charge in [-0.25, -0.2) is 4.98 Å². The highest BCUT2D eigenvalue weighted by molar-refractivity contribution is 7.20. The molecule has 3 heterocycles. The lowest BCUT2D eigenvalue weighted by molar-refractivity contribution is 0.524. The lowest BCUT2D eigenvalue weighted by atomic mass is 10.1. The molecule has 0 saturated carbocycles. The first-order valence-electron chi connectivity index (χ1n) is 8.69. The van der Waals surface area contributed by atoms with E-state index in [2.05, 4.69) is 32.4 Å². The zero-order chi connectivity index (χ0) is 17.2. The summed E-state index contributed by atoms with van der Waals surface area (Å²) in [6.45, 7) is 3.87. The smallest absolute Gasteiger partial charge is 0.275 e. The molecule has 1 fully saturated rings. The van der Waals surface area contributed by atoms with Crippen molar-refractivity contribution in [2.75, 3.05) is 23.3 Å². The summed E-state index contributed by atoms with van der Waals surface area (Å²) in [5, 5.41) is 8.96. The Hall–Kier alpha value is -2.41. The number of hydrogen-bond acceptors (Lipinski definition) is 6. The third-order valence-electron chi connectivity index (χ3n) is 4.56. The maximum absolute atomic E-state index is 12.1. The second-order valence-electron chi connectivity index (χ2n) is 6.29. The monoisotopic (exact) mass is 355 g/mol. The zero-order valence-corrected chi connectivity index (χ0v) is 15.0. The normalized spacial score (nSPS) is 15.6. The van der Waals surface area contributed by atoms with Gasteiger partial charge in [0.25, 0.3) is 5.56 Å². The Balaban J connectivity index is 1.46. The molecule has 6 nitrogen and oxygen atoms in total. The third-order valence-corrected chi connectivity index (χ3v) is 5.53. The van der Waals surface area contributed by atoms with Crippen molar-refractivity contribution < 1.29 is 0 Å². The Bertz CT molecular complexity index is 912. The number of nitrogens with zero attached hydrogens (tertiary/aromatic N) is 4. The van der Waals surface area contributed by atoms with Crippen molar-refractivity contribution in [2.24, 2.45) is 0 Å². The minimum Gasteiger partial charge on any atom is -0.382 e. The molecular formula is C18H21N5OS. The van der Waals surface area contributed by atoms with E-state index < -0.39 is 0 Å². The Kier molecular flexibility index (Phi) is 4.40. The fourth-order valence-electron chi connectivity index (χ4n) is 3.14. The van der Waals surface area contributed by atoms with Crippen LogP contribution < -0.4 is 15.8 Å². The van der Waals surface area contributed by atoms with Crippen molar-refractivity contribution in [1.29, 1.82) is 0 Å². The van der Waals surface area contributed by atoms with Crippen molar-refractivity contribution in [1.82, 2.24) is 14.6 Å². The lowest BCUT2D eigenvalue weighted by Gasteiger charge is -2.32. The molecule has 2 aromatic heterocycles. The van der Waals surface area contributed by atoms with Gasteiger partial charge in [-0.3, -0.25) is 4.79 Å². The summed E-state index contributed by atoms with van der Waals surface area (Å²) in [4.78, 5) is 19.6. The van der Waals surface area contributed by atoms with Crippen LogP contribution in [0.25, 0.3) is 4.96 Å². The predicted octanol–water partition coefficient (Wildman–Crippen LogP) is 2.79. The Labute approximate surface area is 150 Å². The Morgan fingerprint density at radius 2 is 2.00 bits per heavy atom. The highest BCUT2D eigenvalue weighted by Crippen LogP contribution is 2.25. The first-order valence-corrected chi connectivity index (χ1v) is 9.51. The van der Waals surface area contributed by atoms with Crippen LogP contribution in [0.2, 0.25) is 0 Å². The molecule has 0 unspecified atom stereocenters. The van der Waals surface area contributed by atoms with Gasteiger partial charge in [0.05, 0.1) is 0 Å². The predicted molar refractivity (Wildman–Crippen MR) is 102 cm³/mol. The largest absolute Gasteiger partial charge is 0.382 e. The molecule has 0 atom stereocenters. The molecule has 0 aliphatic carbocycles. The van der Waals surface area contributed by atoms with Gasteiger partial charge in [0.1, 0.15) is 0 Å². The van der Waals surface area contributed by atoms with Gasteiger partial charge < -0.3 is 10.2 Å². The van der Waals surface area contributed by atoms with Crippen molar-refractivity contribution in [3.05, 3.63) is 52.4 Å². The molecule has 0 amide bonds. The third kappa shape index (κ3) is 3.37. The van der Waals surface area contributed by atoms with Gasteiger partial charge in [-0.1, -0.05) is 36.5 Å². The number of aromatic nitrogens is 3. The van der Waals surface area contributed by atoms with Crippen LogP contribution in [0.5, 0.6) is 0 Å². The van der Waals surface area contributed by atoms with Crippen molar-refractivity contribution in [2.45, 2.75) is 32.2 Å². The van der Waals surface area contributed by atoms with E-state index in [9.17, 15) is 4.79 Å². The van der Waals surface area contributed by atoms with E-state index in [4.69, 9.17) is 0 Å². The average molecular weight is 355 g/mol. The number of fused-ring (bicyclic) bond motifs is 1. The molecule has 0 spiro atoms. The van der Waals surface area contributed by atoms with Gasteiger partial charge in [0, 0.05) is 36.6 Å². The van der Waals surface area contributed by atoms with Crippen LogP contribution in [0.1, 0.15) is 25.5 Å². The summed E-state index contributed by atoms with van der Waals surface area (Å²) < 4.78 is 1.42. The first kappa shape index (κ1) is 16.1. The quantitative estimate of drug-likeness (QED) is 0.780. The number of aryl methyl sites for hydroxylation is 1. The number of hydrogen-bond donors (Lipinski definition) is 1. The number of benzene rings is 1. The Morgan fingerprint density at radius 1 is 1.24 bits per heavy atom. The van der Waals surface area contributed by atoms with Crippen molar-refractivity contribution in [3.8, 4) is 0 Å². The van der Waals surface area contributed by atoms with Gasteiger partial charge in [-0.2, -0.15) is 4.52 Å². The van der Waals surface area contributed by atoms with Gasteiger partial charge in [0.2, 0.25) is 10.1 Å². The van der Waals surface area contributed by atoms with E-state index >= 15 is 0 Å². The zero-order valence-electron chi connectivity index (χ0n) is 14.2. The number of rotatable bonds is 4. The molecule has 1 aromatic carbocycles. The van der Waals surface area contributed by atoms with Gasteiger partial charge in [0.15, 0.2) is 0 Å². The Morgan fingerprint density at radius 3 is 2.72 bits per heavy atom. The van der Waals surface area contributed by atoms with Crippen molar-refractivity contribution in [3.63, 3.8) is 0 Å². The van der Waals surface area contributed by atoms with Crippen LogP contribution in [0.15, 0.2) is 41.2 Å². The van der Waals surface area contributed by atoms with Crippen LogP contribution in [0, 0.1) is 0 Å². The molecule has 1 N–H and O–H groups in total. The van der Waals surface area contributed by atoms with Crippen molar-refractivity contribution >= 4 is 27.1 Å². The average Bonchev–Trinajstić information content (AvgIpc) is 3.08. The maximum Gasteiger partial charge on any atom is 0.275 e. The highest BCUT2D eigenvalue weighted by atomic mass is 32.1. The summed E-state index contributed by atoms with van der Waals surface area (Å²) >= 11 is 1.50. The standard InChI is InChI=1S/C18H21N5OS/c1-2-13-12-16(24)23-17(20-13)25-18(21-23)22-10-8-15(9-11-22)19-14-6-4-3-5-7-14/h3-7,12,15,19H,2,8-11H2,1H3. The summed E-state index contributed by atoms with van der Waals surface area (Å²) in [5.74, 6) is 0. The molecule has 1 aliphatic rings. The maximum atomic E-state index is 12.1. The molecule has 0 bridgehead atoms. The fraction of sp³-hybridized carbons (Fsp3) is 0.389. The highest BCUT2D eigenvalue weighted by Gasteiger charge is 2.22. The van der Waals surface area contributed by atoms with Gasteiger partial charge in [-0.15, -0.1) is 5.10 Å². The first-order chi connectivity index (χ1) is 12.2. The second kappa shape index (κ2) is 6.84. The number of anilines is 2. The van der Waals surface area contributed by atoms with Crippen LogP contribution in [0.3, 0.4) is 0 Å². The van der Waals surface area contributed by atoms with E-state index in [1.165, 1.54) is 21.5 Å². The summed E-state index contributed by atoms with van der Waals surface area (Å²) in [7, 11) is 0. The summed E-state index contributed by atoms with van der Waals surface area (Å²) in [6.07, 6.45) is 2.86. The summed E-state index contributed by atoms with van der Waals surface area (Å²) in [6, 6.07) is 12.4. The molecule has 130 valence electrons. The van der Waals surface area contributed by atoms with E-state index in [1.807, 2.05) is 25.1 Å². The minimum atomic E-state index is -0.0926. The van der Waals surface area contributed by atoms with Crippen LogP contribution in [-0.2, 0) is 6.42 Å². The van der Waals surface area contributed by atoms with Gasteiger partial charge >= 0.3 is 0 Å². The number of para-hydroxylation sites is 1. The van der Waals surface area contributed by atoms with Gasteiger partial charge in [-0.05, 0) is 31.4 Å². The van der Waals surface area contributed by atoms with Crippen LogP contribution >= 0.6 is 11.3 Å². The molecule has 0 radical (unpaired) electrons. The van der Waals surface area contributed by atoms with E-state index in [1.54, 1.807) is 6.07 Å². The fourth-order valence-corrected chi connectivity index (χ4v) is 4.12. The van der Waals surface area contributed by atoms with Crippen LogP contribution in [0.4, 0.5) is 10.8 Å². The molecule has 4 rings (SSSR count). The molecule has 7 heteroatoms. The molecule has 1 saturated heterocycles. The topological polar surface area (TPSA) is 62.5 Å². The van der Waals surface area contributed by atoms with E-state index in [0.29, 0.717) is 11.0 Å². The number of nitrogens with one attached hydrogen (secondary N) is 1.